The lowest BCUT2D eigenvalue weighted by atomic mass is 10.0. The second-order valence-electron chi connectivity index (χ2n) is 8.02. The highest BCUT2D eigenvalue weighted by Gasteiger charge is 2.35. The first-order chi connectivity index (χ1) is 14.8. The molecule has 0 bridgehead atoms. The molecule has 0 fully saturated rings. The number of carbonyl (C=O) groups excluding carboxylic acids is 2. The van der Waals surface area contributed by atoms with E-state index in [1.165, 1.54) is 0 Å². The van der Waals surface area contributed by atoms with E-state index in [9.17, 15) is 9.59 Å². The average Bonchev–Trinajstić information content (AvgIpc) is 3.04. The first-order valence-electron chi connectivity index (χ1n) is 10.3. The topological polar surface area (TPSA) is 87.5 Å². The van der Waals surface area contributed by atoms with Crippen LogP contribution >= 0.6 is 0 Å². The van der Waals surface area contributed by atoms with Gasteiger partial charge in [-0.05, 0) is 51.5 Å². The molecule has 0 saturated carbocycles. The summed E-state index contributed by atoms with van der Waals surface area (Å²) in [4.78, 5) is 27.9. The van der Waals surface area contributed by atoms with Gasteiger partial charge in [-0.3, -0.25) is 9.59 Å². The van der Waals surface area contributed by atoms with Crippen molar-refractivity contribution in [2.75, 3.05) is 15.5 Å². The molecule has 1 aromatic heterocycles. The molecule has 2 amide bonds. The molecule has 7 nitrogen and oxygen atoms in total. The van der Waals surface area contributed by atoms with Crippen molar-refractivity contribution < 1.29 is 14.1 Å². The van der Waals surface area contributed by atoms with E-state index in [2.05, 4.69) is 15.8 Å². The van der Waals surface area contributed by atoms with Crippen LogP contribution in [0, 0.1) is 27.7 Å². The lowest BCUT2D eigenvalue weighted by molar-refractivity contribution is -0.122. The van der Waals surface area contributed by atoms with Gasteiger partial charge in [0.15, 0.2) is 0 Å². The second-order valence-corrected chi connectivity index (χ2v) is 8.02. The van der Waals surface area contributed by atoms with Crippen LogP contribution in [-0.2, 0) is 16.1 Å². The van der Waals surface area contributed by atoms with E-state index >= 15 is 0 Å². The molecule has 0 radical (unpaired) electrons. The number of aromatic nitrogens is 1. The summed E-state index contributed by atoms with van der Waals surface area (Å²) in [6.07, 6.45) is 0.0247. The number of hydrogen-bond acceptors (Lipinski definition) is 5. The third-order valence-electron chi connectivity index (χ3n) is 5.69. The van der Waals surface area contributed by atoms with Crippen LogP contribution in [0.3, 0.4) is 0 Å². The number of rotatable bonds is 5. The van der Waals surface area contributed by atoms with Crippen molar-refractivity contribution in [3.05, 3.63) is 70.6 Å². The van der Waals surface area contributed by atoms with Gasteiger partial charge < -0.3 is 20.1 Å². The Balaban J connectivity index is 1.62. The summed E-state index contributed by atoms with van der Waals surface area (Å²) in [6, 6.07) is 12.8. The highest BCUT2D eigenvalue weighted by atomic mass is 16.5. The van der Waals surface area contributed by atoms with Gasteiger partial charge in [0, 0.05) is 17.8 Å². The van der Waals surface area contributed by atoms with Crippen LogP contribution in [0.15, 0.2) is 47.0 Å². The molecule has 1 atom stereocenters. The van der Waals surface area contributed by atoms with Gasteiger partial charge in [0.1, 0.15) is 11.8 Å². The number of nitrogens with one attached hydrogen (secondary N) is 2. The predicted octanol–water partition coefficient (Wildman–Crippen LogP) is 4.26. The van der Waals surface area contributed by atoms with Crippen molar-refractivity contribution in [3.63, 3.8) is 0 Å². The van der Waals surface area contributed by atoms with Crippen LogP contribution in [0.4, 0.5) is 17.1 Å². The van der Waals surface area contributed by atoms with E-state index in [0.29, 0.717) is 12.3 Å². The SMILES string of the molecule is Cc1ccc(NC(=O)C[C@H]2C(=O)Nc3ccccc3N2Cc2c(C)noc2C)c(C)c1. The van der Waals surface area contributed by atoms with E-state index < -0.39 is 6.04 Å². The van der Waals surface area contributed by atoms with Gasteiger partial charge in [0.05, 0.1) is 23.5 Å². The summed E-state index contributed by atoms with van der Waals surface area (Å²) in [5.74, 6) is 0.288. The number of anilines is 3. The predicted molar refractivity (Wildman–Crippen MR) is 120 cm³/mol. The van der Waals surface area contributed by atoms with Crippen molar-refractivity contribution in [1.29, 1.82) is 0 Å². The largest absolute Gasteiger partial charge is 0.361 e. The van der Waals surface area contributed by atoms with Gasteiger partial charge in [0.25, 0.3) is 0 Å². The van der Waals surface area contributed by atoms with Crippen molar-refractivity contribution >= 4 is 28.9 Å². The highest BCUT2D eigenvalue weighted by molar-refractivity contribution is 6.06. The minimum atomic E-state index is -0.658. The molecule has 2 heterocycles. The van der Waals surface area contributed by atoms with Crippen LogP contribution < -0.4 is 15.5 Å². The zero-order valence-corrected chi connectivity index (χ0v) is 18.2. The molecular formula is C24H26N4O3. The molecule has 4 rings (SSSR count). The third-order valence-corrected chi connectivity index (χ3v) is 5.69. The van der Waals surface area contributed by atoms with Crippen LogP contribution in [0.5, 0.6) is 0 Å². The first kappa shape index (κ1) is 20.7. The van der Waals surface area contributed by atoms with E-state index in [0.717, 1.165) is 39.4 Å². The molecule has 31 heavy (non-hydrogen) atoms. The normalized spacial score (nSPS) is 15.4. The van der Waals surface area contributed by atoms with Gasteiger partial charge in [0.2, 0.25) is 11.8 Å². The van der Waals surface area contributed by atoms with Crippen LogP contribution in [-0.4, -0.2) is 23.0 Å². The van der Waals surface area contributed by atoms with E-state index in [1.807, 2.05) is 75.1 Å². The lowest BCUT2D eigenvalue weighted by Gasteiger charge is -2.37. The fraction of sp³-hybridized carbons (Fsp3) is 0.292. The zero-order chi connectivity index (χ0) is 22.1. The summed E-state index contributed by atoms with van der Waals surface area (Å²) in [5.41, 5.74) is 6.16. The van der Waals surface area contributed by atoms with E-state index in [4.69, 9.17) is 4.52 Å². The molecule has 0 saturated heterocycles. The second kappa shape index (κ2) is 8.26. The molecule has 3 aromatic rings. The van der Waals surface area contributed by atoms with Gasteiger partial charge in [-0.25, -0.2) is 0 Å². The number of hydrogen-bond donors (Lipinski definition) is 2. The fourth-order valence-electron chi connectivity index (χ4n) is 3.98. The van der Waals surface area contributed by atoms with Crippen molar-refractivity contribution in [2.24, 2.45) is 0 Å². The molecular weight excluding hydrogens is 392 g/mol. The minimum absolute atomic E-state index is 0.0247. The Morgan fingerprint density at radius 1 is 1.16 bits per heavy atom. The zero-order valence-electron chi connectivity index (χ0n) is 18.2. The number of fused-ring (bicyclic) bond motifs is 1. The van der Waals surface area contributed by atoms with E-state index in [-0.39, 0.29) is 18.2 Å². The van der Waals surface area contributed by atoms with Gasteiger partial charge in [-0.2, -0.15) is 0 Å². The fourth-order valence-corrected chi connectivity index (χ4v) is 3.98. The number of aryl methyl sites for hydroxylation is 4. The maximum atomic E-state index is 13.0. The minimum Gasteiger partial charge on any atom is -0.361 e. The van der Waals surface area contributed by atoms with Gasteiger partial charge in [-0.15, -0.1) is 0 Å². The Morgan fingerprint density at radius 3 is 2.65 bits per heavy atom. The Morgan fingerprint density at radius 2 is 1.94 bits per heavy atom. The monoisotopic (exact) mass is 418 g/mol. The highest BCUT2D eigenvalue weighted by Crippen LogP contribution is 2.35. The Kier molecular flexibility index (Phi) is 5.50. The van der Waals surface area contributed by atoms with Crippen LogP contribution in [0.25, 0.3) is 0 Å². The maximum absolute atomic E-state index is 13.0. The summed E-state index contributed by atoms with van der Waals surface area (Å²) in [7, 11) is 0. The van der Waals surface area contributed by atoms with Crippen molar-refractivity contribution in [1.82, 2.24) is 5.16 Å². The van der Waals surface area contributed by atoms with E-state index in [1.54, 1.807) is 0 Å². The van der Waals surface area contributed by atoms with Crippen LogP contribution in [0.2, 0.25) is 0 Å². The molecule has 160 valence electrons. The summed E-state index contributed by atoms with van der Waals surface area (Å²) in [6.45, 7) is 8.12. The maximum Gasteiger partial charge on any atom is 0.247 e. The van der Waals surface area contributed by atoms with Crippen molar-refractivity contribution in [3.8, 4) is 0 Å². The molecule has 0 spiro atoms. The number of benzene rings is 2. The molecule has 2 aromatic carbocycles. The Hall–Kier alpha value is -3.61. The van der Waals surface area contributed by atoms with Gasteiger partial charge in [-0.1, -0.05) is 35.0 Å². The quantitative estimate of drug-likeness (QED) is 0.646. The number of carbonyl (C=O) groups is 2. The third kappa shape index (κ3) is 4.17. The first-order valence-corrected chi connectivity index (χ1v) is 10.3. The number of amides is 2. The number of nitrogens with zero attached hydrogens (tertiary/aromatic N) is 2. The molecule has 2 N–H and O–H groups in total. The molecule has 7 heteroatoms. The standard InChI is InChI=1S/C24H26N4O3/c1-14-9-10-19(15(2)11-14)25-23(29)12-22-24(30)26-20-7-5-6-8-21(20)28(22)13-18-16(3)27-31-17(18)4/h5-11,22H,12-13H2,1-4H3,(H,25,29)(H,26,30)/t22-/m0/s1. The molecule has 0 unspecified atom stereocenters. The Labute approximate surface area is 181 Å². The smallest absolute Gasteiger partial charge is 0.247 e. The molecule has 1 aliphatic rings. The molecule has 1 aliphatic heterocycles. The number of para-hydroxylation sites is 2. The summed E-state index contributed by atoms with van der Waals surface area (Å²) >= 11 is 0. The lowest BCUT2D eigenvalue weighted by Crippen LogP contribution is -2.49. The summed E-state index contributed by atoms with van der Waals surface area (Å²) < 4.78 is 5.31. The van der Waals surface area contributed by atoms with Crippen molar-refractivity contribution in [2.45, 2.75) is 46.7 Å². The average molecular weight is 418 g/mol. The summed E-state index contributed by atoms with van der Waals surface area (Å²) in [5, 5.41) is 9.93. The van der Waals surface area contributed by atoms with Crippen LogP contribution in [0.1, 0.15) is 34.6 Å². The Bertz CT molecular complexity index is 1130. The van der Waals surface area contributed by atoms with Gasteiger partial charge >= 0.3 is 0 Å². The molecule has 0 aliphatic carbocycles.